The van der Waals surface area contributed by atoms with E-state index in [-0.39, 0.29) is 49.6 Å². The van der Waals surface area contributed by atoms with Crippen LogP contribution in [-0.2, 0) is 12.8 Å². The van der Waals surface area contributed by atoms with E-state index in [0.717, 1.165) is 0 Å². The second-order valence-electron chi connectivity index (χ2n) is 4.97. The monoisotopic (exact) mass is 372 g/mol. The standard InChI is InChI=1S/C14H24N2O5.2ClH/c1-8(16-19)4-10-12(20-2)6-13(21-3)11(14(10)18)5-9(15)7-17;;/h6,8-9,16-19H,4-5,7,15H2,1-3H3;2*1H. The van der Waals surface area contributed by atoms with Crippen LogP contribution in [0.15, 0.2) is 6.07 Å². The first-order valence-corrected chi connectivity index (χ1v) is 6.70. The normalized spacial score (nSPS) is 12.6. The van der Waals surface area contributed by atoms with Gasteiger partial charge in [-0.05, 0) is 19.8 Å². The molecule has 0 fully saturated rings. The Morgan fingerprint density at radius 1 is 1.13 bits per heavy atom. The molecular formula is C14H26Cl2N2O5. The highest BCUT2D eigenvalue weighted by atomic mass is 35.5. The summed E-state index contributed by atoms with van der Waals surface area (Å²) in [6, 6.07) is 0.899. The molecule has 9 heteroatoms. The van der Waals surface area contributed by atoms with Gasteiger partial charge in [0.15, 0.2) is 0 Å². The zero-order valence-corrected chi connectivity index (χ0v) is 15.0. The first kappa shape index (κ1) is 24.3. The summed E-state index contributed by atoms with van der Waals surface area (Å²) in [4.78, 5) is 0. The van der Waals surface area contributed by atoms with E-state index < -0.39 is 6.04 Å². The van der Waals surface area contributed by atoms with Crippen LogP contribution >= 0.6 is 24.8 Å². The fraction of sp³-hybridized carbons (Fsp3) is 0.571. The molecule has 0 saturated heterocycles. The van der Waals surface area contributed by atoms with Gasteiger partial charge in [0.05, 0.1) is 20.8 Å². The summed E-state index contributed by atoms with van der Waals surface area (Å²) in [5.74, 6) is 0.923. The highest BCUT2D eigenvalue weighted by Crippen LogP contribution is 2.39. The molecule has 0 bridgehead atoms. The maximum Gasteiger partial charge on any atom is 0.129 e. The molecule has 0 aliphatic carbocycles. The number of hydrogen-bond acceptors (Lipinski definition) is 7. The van der Waals surface area contributed by atoms with E-state index in [1.807, 2.05) is 0 Å². The van der Waals surface area contributed by atoms with Crippen LogP contribution in [0.4, 0.5) is 0 Å². The zero-order valence-electron chi connectivity index (χ0n) is 13.4. The molecular weight excluding hydrogens is 347 g/mol. The third kappa shape index (κ3) is 6.21. The lowest BCUT2D eigenvalue weighted by Crippen LogP contribution is -2.27. The summed E-state index contributed by atoms with van der Waals surface area (Å²) in [5, 5.41) is 28.5. The number of halogens is 2. The van der Waals surface area contributed by atoms with Crippen LogP contribution in [0.3, 0.4) is 0 Å². The molecule has 6 N–H and O–H groups in total. The lowest BCUT2D eigenvalue weighted by molar-refractivity contribution is 0.132. The number of benzene rings is 1. The van der Waals surface area contributed by atoms with Crippen molar-refractivity contribution in [3.05, 3.63) is 17.2 Å². The van der Waals surface area contributed by atoms with E-state index in [4.69, 9.17) is 25.5 Å². The van der Waals surface area contributed by atoms with Crippen LogP contribution in [0, 0.1) is 0 Å². The maximum atomic E-state index is 10.5. The fourth-order valence-corrected chi connectivity index (χ4v) is 2.15. The van der Waals surface area contributed by atoms with E-state index in [0.29, 0.717) is 29.0 Å². The molecule has 0 aromatic heterocycles. The van der Waals surface area contributed by atoms with Crippen molar-refractivity contribution in [1.82, 2.24) is 5.48 Å². The van der Waals surface area contributed by atoms with Gasteiger partial charge in [-0.1, -0.05) is 0 Å². The Bertz CT molecular complexity index is 439. The van der Waals surface area contributed by atoms with Crippen molar-refractivity contribution in [3.63, 3.8) is 0 Å². The zero-order chi connectivity index (χ0) is 16.0. The SMILES string of the molecule is COc1cc(OC)c(CC(C)NO)c(O)c1CC(N)CO.Cl.Cl. The molecule has 1 rings (SSSR count). The topological polar surface area (TPSA) is 117 Å². The fourth-order valence-electron chi connectivity index (χ4n) is 2.15. The molecule has 23 heavy (non-hydrogen) atoms. The number of aliphatic hydroxyl groups is 1. The number of hydroxylamine groups is 1. The molecule has 136 valence electrons. The highest BCUT2D eigenvalue weighted by Gasteiger charge is 2.21. The maximum absolute atomic E-state index is 10.5. The molecule has 7 nitrogen and oxygen atoms in total. The van der Waals surface area contributed by atoms with E-state index >= 15 is 0 Å². The summed E-state index contributed by atoms with van der Waals surface area (Å²) in [7, 11) is 2.98. The second-order valence-corrected chi connectivity index (χ2v) is 4.97. The van der Waals surface area contributed by atoms with Crippen molar-refractivity contribution < 1.29 is 24.9 Å². The van der Waals surface area contributed by atoms with Gasteiger partial charge < -0.3 is 30.6 Å². The number of methoxy groups -OCH3 is 2. The van der Waals surface area contributed by atoms with Gasteiger partial charge in [-0.25, -0.2) is 5.48 Å². The minimum atomic E-state index is -0.501. The molecule has 2 unspecified atom stereocenters. The molecule has 0 heterocycles. The quantitative estimate of drug-likeness (QED) is 0.432. The largest absolute Gasteiger partial charge is 0.507 e. The molecule has 1 aromatic carbocycles. The van der Waals surface area contributed by atoms with Crippen LogP contribution in [0.5, 0.6) is 17.2 Å². The average Bonchev–Trinajstić information content (AvgIpc) is 2.50. The smallest absolute Gasteiger partial charge is 0.129 e. The van der Waals surface area contributed by atoms with Crippen molar-refractivity contribution in [2.24, 2.45) is 5.73 Å². The molecule has 1 aromatic rings. The molecule has 0 saturated carbocycles. The number of phenolic OH excluding ortho intramolecular Hbond substituents is 1. The van der Waals surface area contributed by atoms with Crippen molar-refractivity contribution in [1.29, 1.82) is 0 Å². The van der Waals surface area contributed by atoms with Gasteiger partial charge in [-0.3, -0.25) is 0 Å². The first-order chi connectivity index (χ1) is 9.98. The molecule has 0 amide bonds. The number of aliphatic hydroxyl groups excluding tert-OH is 1. The Hall–Kier alpha value is -0.960. The lowest BCUT2D eigenvalue weighted by Gasteiger charge is -2.20. The molecule has 0 spiro atoms. The van der Waals surface area contributed by atoms with Gasteiger partial charge in [0, 0.05) is 29.3 Å². The first-order valence-electron chi connectivity index (χ1n) is 6.70. The number of ether oxygens (including phenoxy) is 2. The van der Waals surface area contributed by atoms with Gasteiger partial charge in [0.2, 0.25) is 0 Å². The average molecular weight is 373 g/mol. The predicted molar refractivity (Wildman–Crippen MR) is 92.6 cm³/mol. The van der Waals surface area contributed by atoms with Crippen LogP contribution < -0.4 is 20.7 Å². The van der Waals surface area contributed by atoms with E-state index in [9.17, 15) is 5.11 Å². The predicted octanol–water partition coefficient (Wildman–Crippen LogP) is 1.02. The number of aromatic hydroxyl groups is 1. The number of hydrogen-bond donors (Lipinski definition) is 5. The Balaban J connectivity index is 0. The summed E-state index contributed by atoms with van der Waals surface area (Å²) >= 11 is 0. The Labute approximate surface area is 148 Å². The molecule has 0 aliphatic rings. The van der Waals surface area contributed by atoms with Gasteiger partial charge in [-0.2, -0.15) is 0 Å². The minimum Gasteiger partial charge on any atom is -0.507 e. The van der Waals surface area contributed by atoms with Gasteiger partial charge in [-0.15, -0.1) is 24.8 Å². The summed E-state index contributed by atoms with van der Waals surface area (Å²) < 4.78 is 10.5. The minimum absolute atomic E-state index is 0. The number of rotatable bonds is 8. The molecule has 0 radical (unpaired) electrons. The number of nitrogens with one attached hydrogen (secondary N) is 1. The van der Waals surface area contributed by atoms with Gasteiger partial charge >= 0.3 is 0 Å². The van der Waals surface area contributed by atoms with Crippen LogP contribution in [0.1, 0.15) is 18.1 Å². The van der Waals surface area contributed by atoms with Crippen molar-refractivity contribution in [2.75, 3.05) is 20.8 Å². The van der Waals surface area contributed by atoms with Crippen molar-refractivity contribution in [2.45, 2.75) is 31.8 Å². The molecule has 0 aliphatic heterocycles. The van der Waals surface area contributed by atoms with Gasteiger partial charge in [0.1, 0.15) is 17.2 Å². The third-order valence-corrected chi connectivity index (χ3v) is 3.30. The van der Waals surface area contributed by atoms with E-state index in [1.165, 1.54) is 14.2 Å². The van der Waals surface area contributed by atoms with E-state index in [1.54, 1.807) is 13.0 Å². The van der Waals surface area contributed by atoms with E-state index in [2.05, 4.69) is 5.48 Å². The number of phenols is 1. The highest BCUT2D eigenvalue weighted by molar-refractivity contribution is 5.85. The third-order valence-electron chi connectivity index (χ3n) is 3.30. The summed E-state index contributed by atoms with van der Waals surface area (Å²) in [6.45, 7) is 1.57. The summed E-state index contributed by atoms with van der Waals surface area (Å²) in [6.07, 6.45) is 0.625. The van der Waals surface area contributed by atoms with Crippen molar-refractivity contribution in [3.8, 4) is 17.2 Å². The van der Waals surface area contributed by atoms with Crippen molar-refractivity contribution >= 4 is 24.8 Å². The molecule has 2 atom stereocenters. The van der Waals surface area contributed by atoms with Crippen LogP contribution in [0.25, 0.3) is 0 Å². The summed E-state index contributed by atoms with van der Waals surface area (Å²) in [5.41, 5.74) is 8.94. The van der Waals surface area contributed by atoms with Crippen LogP contribution in [0.2, 0.25) is 0 Å². The Morgan fingerprint density at radius 2 is 1.61 bits per heavy atom. The number of nitrogens with two attached hydrogens (primary N) is 1. The second kappa shape index (κ2) is 11.6. The Morgan fingerprint density at radius 3 is 2.00 bits per heavy atom. The van der Waals surface area contributed by atoms with Gasteiger partial charge in [0.25, 0.3) is 0 Å². The van der Waals surface area contributed by atoms with Crippen LogP contribution in [-0.4, -0.2) is 48.3 Å². The lowest BCUT2D eigenvalue weighted by atomic mass is 9.97. The Kier molecular flexibility index (Phi) is 12.2.